The maximum Gasteiger partial charge on any atom is 0.392 e. The summed E-state index contributed by atoms with van der Waals surface area (Å²) in [6, 6.07) is 3.26. The first-order chi connectivity index (χ1) is 10.2. The summed E-state index contributed by atoms with van der Waals surface area (Å²) in [5.41, 5.74) is 1.63. The van der Waals surface area contributed by atoms with Crippen LogP contribution in [0.15, 0.2) is 22.8 Å². The second-order valence-electron chi connectivity index (χ2n) is 5.90. The Morgan fingerprint density at radius 2 is 2.09 bits per heavy atom. The Morgan fingerprint density at radius 1 is 1.41 bits per heavy atom. The SMILES string of the molecule is CC(C)(C)c1cc(NCc2coc(C(=O)O)n2)c(O)cc1Cl. The van der Waals surface area contributed by atoms with Gasteiger partial charge in [-0.25, -0.2) is 9.78 Å². The van der Waals surface area contributed by atoms with E-state index in [0.717, 1.165) is 5.56 Å². The summed E-state index contributed by atoms with van der Waals surface area (Å²) in [4.78, 5) is 14.5. The molecule has 0 spiro atoms. The van der Waals surface area contributed by atoms with Crippen molar-refractivity contribution in [1.29, 1.82) is 0 Å². The van der Waals surface area contributed by atoms with E-state index < -0.39 is 5.97 Å². The Kier molecular flexibility index (Phi) is 4.32. The highest BCUT2D eigenvalue weighted by Gasteiger charge is 2.20. The number of nitrogens with zero attached hydrogens (tertiary/aromatic N) is 1. The number of carboxylic acid groups (broad SMARTS) is 1. The van der Waals surface area contributed by atoms with Gasteiger partial charge in [0.1, 0.15) is 12.0 Å². The van der Waals surface area contributed by atoms with Gasteiger partial charge in [0.05, 0.1) is 17.9 Å². The van der Waals surface area contributed by atoms with Crippen molar-refractivity contribution < 1.29 is 19.4 Å². The minimum absolute atomic E-state index is 0.0138. The highest BCUT2D eigenvalue weighted by atomic mass is 35.5. The molecule has 6 nitrogen and oxygen atoms in total. The van der Waals surface area contributed by atoms with E-state index in [-0.39, 0.29) is 23.6 Å². The number of rotatable bonds is 4. The van der Waals surface area contributed by atoms with E-state index in [2.05, 4.69) is 10.3 Å². The number of hydrogen-bond acceptors (Lipinski definition) is 5. The maximum absolute atomic E-state index is 10.7. The van der Waals surface area contributed by atoms with E-state index in [0.29, 0.717) is 16.4 Å². The molecule has 0 radical (unpaired) electrons. The van der Waals surface area contributed by atoms with Crippen LogP contribution in [0.2, 0.25) is 5.02 Å². The maximum atomic E-state index is 10.7. The highest BCUT2D eigenvalue weighted by molar-refractivity contribution is 6.31. The van der Waals surface area contributed by atoms with Gasteiger partial charge in [-0.15, -0.1) is 0 Å². The van der Waals surface area contributed by atoms with Gasteiger partial charge in [-0.05, 0) is 17.0 Å². The summed E-state index contributed by atoms with van der Waals surface area (Å²) in [6.45, 7) is 6.28. The van der Waals surface area contributed by atoms with Crippen LogP contribution in [0.5, 0.6) is 5.75 Å². The summed E-state index contributed by atoms with van der Waals surface area (Å²) < 4.78 is 4.81. The molecule has 0 bridgehead atoms. The number of phenols is 1. The third kappa shape index (κ3) is 3.51. The van der Waals surface area contributed by atoms with E-state index in [4.69, 9.17) is 21.1 Å². The van der Waals surface area contributed by atoms with Crippen molar-refractivity contribution in [2.24, 2.45) is 0 Å². The summed E-state index contributed by atoms with van der Waals surface area (Å²) >= 11 is 6.16. The first-order valence-electron chi connectivity index (χ1n) is 6.63. The fraction of sp³-hybridized carbons (Fsp3) is 0.333. The molecule has 1 heterocycles. The van der Waals surface area contributed by atoms with Gasteiger partial charge in [-0.1, -0.05) is 32.4 Å². The molecule has 0 amide bonds. The third-order valence-corrected chi connectivity index (χ3v) is 3.40. The number of hydrogen-bond donors (Lipinski definition) is 3. The van der Waals surface area contributed by atoms with Crippen LogP contribution in [0.1, 0.15) is 42.7 Å². The second kappa shape index (κ2) is 5.88. The van der Waals surface area contributed by atoms with Crippen molar-refractivity contribution in [1.82, 2.24) is 4.98 Å². The summed E-state index contributed by atoms with van der Waals surface area (Å²) in [6.07, 6.45) is 1.26. The molecule has 1 aromatic carbocycles. The number of phenolic OH excluding ortho intramolecular Hbond substituents is 1. The van der Waals surface area contributed by atoms with Crippen molar-refractivity contribution in [3.05, 3.63) is 40.6 Å². The van der Waals surface area contributed by atoms with Gasteiger partial charge in [0, 0.05) is 11.1 Å². The lowest BCUT2D eigenvalue weighted by molar-refractivity contribution is 0.0653. The number of halogens is 1. The van der Waals surface area contributed by atoms with Crippen LogP contribution < -0.4 is 5.32 Å². The normalized spacial score (nSPS) is 11.5. The Morgan fingerprint density at radius 3 is 2.64 bits per heavy atom. The van der Waals surface area contributed by atoms with E-state index in [1.807, 2.05) is 20.8 Å². The number of anilines is 1. The largest absolute Gasteiger partial charge is 0.506 e. The number of oxazole rings is 1. The van der Waals surface area contributed by atoms with Gasteiger partial charge in [-0.3, -0.25) is 0 Å². The number of aromatic hydroxyl groups is 1. The van der Waals surface area contributed by atoms with Gasteiger partial charge in [0.2, 0.25) is 0 Å². The van der Waals surface area contributed by atoms with Crippen molar-refractivity contribution in [3.63, 3.8) is 0 Å². The summed E-state index contributed by atoms with van der Waals surface area (Å²) in [7, 11) is 0. The first kappa shape index (κ1) is 16.2. The van der Waals surface area contributed by atoms with E-state index in [1.165, 1.54) is 12.3 Å². The van der Waals surface area contributed by atoms with Crippen LogP contribution in [0, 0.1) is 0 Å². The Hall–Kier alpha value is -2.21. The van der Waals surface area contributed by atoms with Crippen LogP contribution >= 0.6 is 11.6 Å². The van der Waals surface area contributed by atoms with E-state index >= 15 is 0 Å². The molecule has 118 valence electrons. The fourth-order valence-corrected chi connectivity index (χ4v) is 2.39. The van der Waals surface area contributed by atoms with Gasteiger partial charge in [-0.2, -0.15) is 0 Å². The molecular formula is C15H17ClN2O4. The predicted molar refractivity (Wildman–Crippen MR) is 82.6 cm³/mol. The molecule has 0 unspecified atom stereocenters. The third-order valence-electron chi connectivity index (χ3n) is 3.09. The minimum Gasteiger partial charge on any atom is -0.506 e. The highest BCUT2D eigenvalue weighted by Crippen LogP contribution is 2.37. The lowest BCUT2D eigenvalue weighted by Gasteiger charge is -2.22. The Balaban J connectivity index is 2.20. The number of aromatic nitrogens is 1. The van der Waals surface area contributed by atoms with E-state index in [9.17, 15) is 9.90 Å². The molecule has 2 rings (SSSR count). The van der Waals surface area contributed by atoms with Crippen molar-refractivity contribution in [3.8, 4) is 5.75 Å². The molecule has 1 aromatic heterocycles. The average molecular weight is 325 g/mol. The summed E-state index contributed by atoms with van der Waals surface area (Å²) in [5.74, 6) is -1.58. The molecule has 0 saturated heterocycles. The van der Waals surface area contributed by atoms with Gasteiger partial charge in [0.15, 0.2) is 0 Å². The number of aromatic carboxylic acids is 1. The molecule has 0 aliphatic rings. The van der Waals surface area contributed by atoms with Crippen molar-refractivity contribution in [2.45, 2.75) is 32.7 Å². The van der Waals surface area contributed by atoms with Gasteiger partial charge >= 0.3 is 11.9 Å². The van der Waals surface area contributed by atoms with Crippen molar-refractivity contribution >= 4 is 23.3 Å². The molecule has 0 saturated carbocycles. The zero-order valence-electron chi connectivity index (χ0n) is 12.5. The topological polar surface area (TPSA) is 95.6 Å². The molecule has 22 heavy (non-hydrogen) atoms. The van der Waals surface area contributed by atoms with Crippen LogP contribution in [0.3, 0.4) is 0 Å². The molecule has 0 aliphatic heterocycles. The van der Waals surface area contributed by atoms with Crippen LogP contribution in [-0.4, -0.2) is 21.2 Å². The molecule has 0 fully saturated rings. The number of benzene rings is 1. The number of carbonyl (C=O) groups is 1. The average Bonchev–Trinajstić information content (AvgIpc) is 2.85. The smallest absolute Gasteiger partial charge is 0.392 e. The Bertz CT molecular complexity index is 704. The molecule has 0 atom stereocenters. The van der Waals surface area contributed by atoms with Crippen LogP contribution in [0.25, 0.3) is 0 Å². The molecule has 7 heteroatoms. The summed E-state index contributed by atoms with van der Waals surface area (Å²) in [5, 5.41) is 22.2. The Labute approximate surface area is 132 Å². The quantitative estimate of drug-likeness (QED) is 0.743. The molecule has 3 N–H and O–H groups in total. The predicted octanol–water partition coefficient (Wildman–Crippen LogP) is 3.64. The van der Waals surface area contributed by atoms with Crippen LogP contribution in [-0.2, 0) is 12.0 Å². The van der Waals surface area contributed by atoms with Gasteiger partial charge in [0.25, 0.3) is 0 Å². The molecular weight excluding hydrogens is 308 g/mol. The molecule has 2 aromatic rings. The fourth-order valence-electron chi connectivity index (χ4n) is 1.95. The standard InChI is InChI=1S/C15H17ClN2O4/c1-15(2,3)9-4-11(12(19)5-10(9)16)17-6-8-7-22-13(18-8)14(20)21/h4-5,7,17,19H,6H2,1-3H3,(H,20,21). The lowest BCUT2D eigenvalue weighted by atomic mass is 9.86. The minimum atomic E-state index is -1.23. The first-order valence-corrected chi connectivity index (χ1v) is 7.01. The van der Waals surface area contributed by atoms with Gasteiger partial charge < -0.3 is 19.9 Å². The van der Waals surface area contributed by atoms with Crippen molar-refractivity contribution in [2.75, 3.05) is 5.32 Å². The second-order valence-corrected chi connectivity index (χ2v) is 6.31. The van der Waals surface area contributed by atoms with Crippen LogP contribution in [0.4, 0.5) is 5.69 Å². The monoisotopic (exact) mass is 324 g/mol. The zero-order valence-corrected chi connectivity index (χ0v) is 13.2. The number of nitrogens with one attached hydrogen (secondary N) is 1. The van der Waals surface area contributed by atoms with E-state index in [1.54, 1.807) is 6.07 Å². The number of carboxylic acids is 1. The lowest BCUT2D eigenvalue weighted by Crippen LogP contribution is -2.12. The zero-order chi connectivity index (χ0) is 16.5. The molecule has 0 aliphatic carbocycles.